The lowest BCUT2D eigenvalue weighted by molar-refractivity contribution is -0.137. The lowest BCUT2D eigenvalue weighted by Gasteiger charge is -2.40. The van der Waals surface area contributed by atoms with Gasteiger partial charge in [-0.25, -0.2) is 0 Å². The number of fused-ring (bicyclic) bond motifs is 2. The largest absolute Gasteiger partial charge is 0.487 e. The van der Waals surface area contributed by atoms with Crippen LogP contribution in [0.1, 0.15) is 74.6 Å². The first-order valence-corrected chi connectivity index (χ1v) is 11.9. The Bertz CT molecular complexity index is 723. The van der Waals surface area contributed by atoms with E-state index in [0.717, 1.165) is 70.9 Å². The molecule has 1 aliphatic carbocycles. The van der Waals surface area contributed by atoms with Crippen LogP contribution in [0.5, 0.6) is 5.75 Å². The highest BCUT2D eigenvalue weighted by Crippen LogP contribution is 2.30. The van der Waals surface area contributed by atoms with Gasteiger partial charge in [0, 0.05) is 27.2 Å². The number of rotatable bonds is 3. The number of benzene rings is 1. The van der Waals surface area contributed by atoms with Crippen molar-refractivity contribution in [1.29, 1.82) is 0 Å². The van der Waals surface area contributed by atoms with Crippen LogP contribution in [-0.4, -0.2) is 67.6 Å². The maximum absolute atomic E-state index is 13.1. The van der Waals surface area contributed by atoms with E-state index >= 15 is 0 Å². The molecule has 6 nitrogen and oxygen atoms in total. The van der Waals surface area contributed by atoms with E-state index in [9.17, 15) is 9.59 Å². The lowest BCUT2D eigenvalue weighted by atomic mass is 9.90. The second-order valence-electron chi connectivity index (χ2n) is 8.83. The number of hydrogen-bond acceptors (Lipinski definition) is 4. The van der Waals surface area contributed by atoms with Crippen molar-refractivity contribution in [3.8, 4) is 5.75 Å². The summed E-state index contributed by atoms with van der Waals surface area (Å²) in [7, 11) is 3.51. The monoisotopic (exact) mass is 430 g/mol. The van der Waals surface area contributed by atoms with Gasteiger partial charge in [-0.3, -0.25) is 9.59 Å². The van der Waals surface area contributed by atoms with Gasteiger partial charge in [-0.05, 0) is 44.2 Å². The minimum atomic E-state index is -0.0929. The van der Waals surface area contributed by atoms with E-state index in [0.29, 0.717) is 24.3 Å². The zero-order chi connectivity index (χ0) is 22.1. The molecule has 0 spiro atoms. The third-order valence-electron chi connectivity index (χ3n) is 6.54. The van der Waals surface area contributed by atoms with E-state index in [-0.39, 0.29) is 24.0 Å². The molecule has 1 aliphatic heterocycles. The Kier molecular flexibility index (Phi) is 9.19. The number of para-hydroxylation sites is 1. The van der Waals surface area contributed by atoms with Gasteiger partial charge in [-0.15, -0.1) is 0 Å². The molecule has 0 unspecified atom stereocenters. The molecular weight excluding hydrogens is 392 g/mol. The second kappa shape index (κ2) is 12.1. The Balaban J connectivity index is 1.88. The minimum Gasteiger partial charge on any atom is -0.487 e. The molecule has 0 radical (unpaired) electrons. The van der Waals surface area contributed by atoms with Crippen molar-refractivity contribution >= 4 is 11.8 Å². The number of carbonyl (C=O) groups excluding carboxylic acids is 2. The molecule has 6 heteroatoms. The van der Waals surface area contributed by atoms with Gasteiger partial charge in [0.1, 0.15) is 11.9 Å². The lowest BCUT2D eigenvalue weighted by Crippen LogP contribution is -2.51. The van der Waals surface area contributed by atoms with E-state index in [2.05, 4.69) is 4.90 Å². The highest BCUT2D eigenvalue weighted by molar-refractivity contribution is 5.96. The molecule has 1 aromatic rings. The van der Waals surface area contributed by atoms with Crippen molar-refractivity contribution in [2.45, 2.75) is 76.4 Å². The van der Waals surface area contributed by atoms with Crippen LogP contribution in [0.4, 0.5) is 0 Å². The summed E-state index contributed by atoms with van der Waals surface area (Å²) in [5.74, 6) is 0.789. The van der Waals surface area contributed by atoms with Crippen LogP contribution in [0.2, 0.25) is 0 Å². The Labute approximate surface area is 186 Å². The van der Waals surface area contributed by atoms with Crippen LogP contribution >= 0.6 is 0 Å². The third kappa shape index (κ3) is 6.45. The fraction of sp³-hybridized carbons (Fsp3) is 0.680. The first-order valence-electron chi connectivity index (χ1n) is 11.9. The van der Waals surface area contributed by atoms with E-state index in [1.165, 1.54) is 0 Å². The quantitative estimate of drug-likeness (QED) is 0.718. The molecule has 0 aromatic heterocycles. The predicted octanol–water partition coefficient (Wildman–Crippen LogP) is 4.28. The smallest absolute Gasteiger partial charge is 0.257 e. The normalized spacial score (nSPS) is 23.7. The number of amides is 2. The molecule has 1 heterocycles. The molecule has 2 atom stereocenters. The Hall–Kier alpha value is -2.08. The van der Waals surface area contributed by atoms with Gasteiger partial charge in [-0.2, -0.15) is 0 Å². The summed E-state index contributed by atoms with van der Waals surface area (Å²) in [6.45, 7) is 1.96. The average Bonchev–Trinajstić information content (AvgIpc) is 2.79. The molecule has 1 saturated carbocycles. The molecule has 172 valence electrons. The van der Waals surface area contributed by atoms with Crippen LogP contribution in [-0.2, 0) is 9.53 Å². The summed E-state index contributed by atoms with van der Waals surface area (Å²) in [4.78, 5) is 30.0. The average molecular weight is 431 g/mol. The van der Waals surface area contributed by atoms with Crippen molar-refractivity contribution in [3.05, 3.63) is 29.8 Å². The van der Waals surface area contributed by atoms with Gasteiger partial charge in [0.15, 0.2) is 0 Å². The molecule has 2 aliphatic rings. The number of carbonyl (C=O) groups is 2. The van der Waals surface area contributed by atoms with Gasteiger partial charge >= 0.3 is 0 Å². The first-order chi connectivity index (χ1) is 15.1. The number of methoxy groups -OCH3 is 1. The standard InChI is InChI=1S/C25H38N2O4/c1-26-17-10-4-3-5-11-18-27(24(28)16-19-30-2)21-13-7-9-15-23(21)31-22-14-8-6-12-20(22)25(26)29/h6,8,12,14,21,23H,3-5,7,9-11,13,15-19H2,1-2H3/t21-,23+/m1/s1. The van der Waals surface area contributed by atoms with E-state index in [1.54, 1.807) is 12.0 Å². The molecule has 31 heavy (non-hydrogen) atoms. The van der Waals surface area contributed by atoms with Crippen LogP contribution in [0.25, 0.3) is 0 Å². The van der Waals surface area contributed by atoms with Crippen molar-refractivity contribution in [3.63, 3.8) is 0 Å². The van der Waals surface area contributed by atoms with E-state index in [4.69, 9.17) is 9.47 Å². The highest BCUT2D eigenvalue weighted by atomic mass is 16.5. The Morgan fingerprint density at radius 3 is 2.55 bits per heavy atom. The summed E-state index contributed by atoms with van der Waals surface area (Å²) in [5.41, 5.74) is 0.612. The Morgan fingerprint density at radius 2 is 1.74 bits per heavy atom. The molecule has 0 N–H and O–H groups in total. The summed E-state index contributed by atoms with van der Waals surface area (Å²) in [5, 5.41) is 0. The van der Waals surface area contributed by atoms with Crippen molar-refractivity contribution in [2.75, 3.05) is 33.9 Å². The number of nitrogens with zero attached hydrogens (tertiary/aromatic N) is 2. The van der Waals surface area contributed by atoms with Gasteiger partial charge in [0.05, 0.1) is 24.6 Å². The first kappa shape index (κ1) is 23.6. The van der Waals surface area contributed by atoms with Crippen molar-refractivity contribution in [2.24, 2.45) is 0 Å². The molecule has 3 rings (SSSR count). The molecular formula is C25H38N2O4. The van der Waals surface area contributed by atoms with Gasteiger partial charge in [0.25, 0.3) is 5.91 Å². The Morgan fingerprint density at radius 1 is 1.03 bits per heavy atom. The topological polar surface area (TPSA) is 59.1 Å². The predicted molar refractivity (Wildman–Crippen MR) is 121 cm³/mol. The molecule has 1 fully saturated rings. The molecule has 0 bridgehead atoms. The van der Waals surface area contributed by atoms with Crippen LogP contribution < -0.4 is 4.74 Å². The summed E-state index contributed by atoms with van der Waals surface area (Å²) >= 11 is 0. The van der Waals surface area contributed by atoms with Gasteiger partial charge in [0.2, 0.25) is 5.91 Å². The highest BCUT2D eigenvalue weighted by Gasteiger charge is 2.34. The molecule has 0 saturated heterocycles. The SMILES string of the molecule is COCCC(=O)N1CCCCCCCN(C)C(=O)c2ccccc2O[C@H]2CCCC[C@H]21. The fourth-order valence-electron chi connectivity index (χ4n) is 4.76. The van der Waals surface area contributed by atoms with Crippen LogP contribution in [0, 0.1) is 0 Å². The van der Waals surface area contributed by atoms with E-state index < -0.39 is 0 Å². The minimum absolute atomic E-state index is 0.00542. The maximum atomic E-state index is 13.1. The van der Waals surface area contributed by atoms with Gasteiger partial charge in [-0.1, -0.05) is 37.8 Å². The van der Waals surface area contributed by atoms with E-state index in [1.807, 2.05) is 31.3 Å². The summed E-state index contributed by atoms with van der Waals surface area (Å²) in [6.07, 6.45) is 9.66. The van der Waals surface area contributed by atoms with Crippen molar-refractivity contribution < 1.29 is 19.1 Å². The molecule has 2 amide bonds. The third-order valence-corrected chi connectivity index (χ3v) is 6.54. The number of hydrogen-bond donors (Lipinski definition) is 0. The summed E-state index contributed by atoms with van der Waals surface area (Å²) in [6, 6.07) is 7.60. The van der Waals surface area contributed by atoms with Gasteiger partial charge < -0.3 is 19.3 Å². The molecule has 1 aromatic carbocycles. The second-order valence-corrected chi connectivity index (χ2v) is 8.83. The van der Waals surface area contributed by atoms with Crippen LogP contribution in [0.3, 0.4) is 0 Å². The fourth-order valence-corrected chi connectivity index (χ4v) is 4.76. The zero-order valence-corrected chi connectivity index (χ0v) is 19.2. The zero-order valence-electron chi connectivity index (χ0n) is 19.2. The van der Waals surface area contributed by atoms with Crippen molar-refractivity contribution in [1.82, 2.24) is 9.80 Å². The number of ether oxygens (including phenoxy) is 2. The summed E-state index contributed by atoms with van der Waals surface area (Å²) < 4.78 is 11.7. The maximum Gasteiger partial charge on any atom is 0.257 e. The van der Waals surface area contributed by atoms with Crippen LogP contribution in [0.15, 0.2) is 24.3 Å².